The molecule has 4 aromatic rings. The van der Waals surface area contributed by atoms with Crippen LogP contribution >= 0.6 is 0 Å². The number of phenols is 2. The van der Waals surface area contributed by atoms with Crippen molar-refractivity contribution in [2.45, 2.75) is 183 Å². The van der Waals surface area contributed by atoms with E-state index in [9.17, 15) is 48.6 Å². The van der Waals surface area contributed by atoms with Gasteiger partial charge in [0.25, 0.3) is 47.3 Å². The Morgan fingerprint density at radius 2 is 0.457 bits per heavy atom. The molecule has 4 saturated carbocycles. The molecule has 14 bridgehead atoms. The lowest BCUT2D eigenvalue weighted by atomic mass is 9.76. The predicted octanol–water partition coefficient (Wildman–Crippen LogP) is 8.19. The number of phenolic OH excluding ortho intramolecular Hbond substituents is 2. The maximum absolute atomic E-state index is 14.9. The lowest BCUT2D eigenvalue weighted by molar-refractivity contribution is 0.0817. The summed E-state index contributed by atoms with van der Waals surface area (Å²) in [6, 6.07) is 8.28. The average molecular weight is 1280 g/mol. The summed E-state index contributed by atoms with van der Waals surface area (Å²) in [5, 5.41) is 48.8. The molecule has 16 unspecified atom stereocenters. The Labute approximate surface area is 549 Å². The Bertz CT molecular complexity index is 3500. The fourth-order valence-corrected chi connectivity index (χ4v) is 15.1. The molecule has 2 heterocycles. The number of rotatable bonds is 0. The van der Waals surface area contributed by atoms with E-state index in [0.29, 0.717) is 47.9 Å². The van der Waals surface area contributed by atoms with Gasteiger partial charge in [-0.2, -0.15) is 0 Å². The van der Waals surface area contributed by atoms with E-state index >= 15 is 0 Å². The van der Waals surface area contributed by atoms with Crippen molar-refractivity contribution in [3.05, 3.63) is 115 Å². The highest BCUT2D eigenvalue weighted by Crippen LogP contribution is 2.38. The second-order valence-corrected chi connectivity index (χ2v) is 28.0. The zero-order valence-corrected chi connectivity index (χ0v) is 55.5. The van der Waals surface area contributed by atoms with Crippen molar-refractivity contribution in [2.24, 2.45) is 47.3 Å². The fourth-order valence-electron chi connectivity index (χ4n) is 15.1. The first-order chi connectivity index (χ1) is 44.6. The largest absolute Gasteiger partial charge is 0.506 e. The molecule has 20 heteroatoms. The van der Waals surface area contributed by atoms with Crippen LogP contribution < -0.4 is 52.0 Å². The van der Waals surface area contributed by atoms with Crippen molar-refractivity contribution in [1.29, 1.82) is 0 Å². The lowest BCUT2D eigenvalue weighted by Gasteiger charge is -2.40. The second kappa shape index (κ2) is 28.0. The summed E-state index contributed by atoms with van der Waals surface area (Å²) in [6.07, 6.45) is 8.53. The van der Waals surface area contributed by atoms with Crippen LogP contribution in [0.25, 0.3) is 0 Å². The molecule has 4 fully saturated rings. The van der Waals surface area contributed by atoms with E-state index in [1.54, 1.807) is 52.0 Å². The molecule has 8 amide bonds. The van der Waals surface area contributed by atoms with Crippen LogP contribution in [0.5, 0.6) is 23.0 Å². The SMILES string of the molecule is Cc1cc2c(O)c(c1)C(=O)NC1CC(NC(=O)c3cc(C)cc4c3OC#CC#CC#COc3c(cc(C)cc3C(=O)NC3CC(NC(=O)c5cc(C)cc(c5O)C(=O)NC5CC(NC4=O)C(C)CC5C)C(C)CC3C)C(=O)NC3CC(NC2=O)C(C)CC3C)C(C)CC1C. The Kier molecular flexibility index (Phi) is 20.1. The van der Waals surface area contributed by atoms with Gasteiger partial charge in [-0.1, -0.05) is 55.4 Å². The topological polar surface area (TPSA) is 292 Å². The van der Waals surface area contributed by atoms with Crippen molar-refractivity contribution in [3.8, 4) is 58.9 Å². The van der Waals surface area contributed by atoms with E-state index in [1.807, 2.05) is 55.4 Å². The molecule has 16 atom stereocenters. The molecule has 94 heavy (non-hydrogen) atoms. The molecule has 0 spiro atoms. The van der Waals surface area contributed by atoms with Gasteiger partial charge < -0.3 is 62.2 Å². The van der Waals surface area contributed by atoms with E-state index in [4.69, 9.17) is 9.47 Å². The molecule has 10 rings (SSSR count). The number of ether oxygens (including phenoxy) is 2. The number of aryl methyl sites for hydroxylation is 4. The van der Waals surface area contributed by atoms with Crippen LogP contribution in [0.3, 0.4) is 0 Å². The van der Waals surface area contributed by atoms with Crippen molar-refractivity contribution in [1.82, 2.24) is 42.5 Å². The van der Waals surface area contributed by atoms with Gasteiger partial charge in [0.15, 0.2) is 11.5 Å². The number of carbonyl (C=O) groups excluding carboxylic acids is 8. The quantitative estimate of drug-likeness (QED) is 0.0746. The normalized spacial score (nSPS) is 30.0. The minimum absolute atomic E-state index is 0.0266. The van der Waals surface area contributed by atoms with Crippen LogP contribution in [0.15, 0.2) is 48.5 Å². The minimum atomic E-state index is -0.614. The van der Waals surface area contributed by atoms with Crippen LogP contribution in [0, 0.1) is 111 Å². The molecular weight excluding hydrogens is 1190 g/mol. The number of fused-ring (bicyclic) bond motifs is 16. The average Bonchev–Trinajstić information content (AvgIpc) is 0.816. The summed E-state index contributed by atoms with van der Waals surface area (Å²) < 4.78 is 12.3. The van der Waals surface area contributed by atoms with Gasteiger partial charge in [0.05, 0.1) is 44.5 Å². The zero-order chi connectivity index (χ0) is 67.7. The first kappa shape index (κ1) is 67.4. The van der Waals surface area contributed by atoms with Gasteiger partial charge in [-0.25, -0.2) is 0 Å². The van der Waals surface area contributed by atoms with Gasteiger partial charge in [-0.05, 0) is 197 Å². The van der Waals surface area contributed by atoms with E-state index in [1.165, 1.54) is 24.3 Å². The minimum Gasteiger partial charge on any atom is -0.506 e. The zero-order valence-electron chi connectivity index (χ0n) is 55.5. The molecule has 2 aliphatic heterocycles. The predicted molar refractivity (Wildman–Crippen MR) is 353 cm³/mol. The molecule has 10 N–H and O–H groups in total. The molecule has 0 saturated heterocycles. The van der Waals surface area contributed by atoms with Crippen LogP contribution in [0.2, 0.25) is 0 Å². The number of aromatic hydroxyl groups is 2. The third-order valence-corrected chi connectivity index (χ3v) is 20.6. The maximum Gasteiger partial charge on any atom is 0.255 e. The Balaban J connectivity index is 1.09. The van der Waals surface area contributed by atoms with E-state index < -0.39 is 107 Å². The van der Waals surface area contributed by atoms with Gasteiger partial charge in [0.2, 0.25) is 0 Å². The maximum atomic E-state index is 14.9. The van der Waals surface area contributed by atoms with E-state index in [-0.39, 0.29) is 129 Å². The van der Waals surface area contributed by atoms with Crippen LogP contribution in [-0.2, 0) is 0 Å². The van der Waals surface area contributed by atoms with Crippen molar-refractivity contribution in [2.75, 3.05) is 0 Å². The Morgan fingerprint density at radius 1 is 0.287 bits per heavy atom. The lowest BCUT2D eigenvalue weighted by Crippen LogP contribution is -2.53. The third kappa shape index (κ3) is 14.6. The molecule has 4 aliphatic carbocycles. The van der Waals surface area contributed by atoms with E-state index in [2.05, 4.69) is 78.4 Å². The molecule has 6 aliphatic rings. The molecule has 494 valence electrons. The van der Waals surface area contributed by atoms with Gasteiger partial charge in [0.1, 0.15) is 23.7 Å². The summed E-state index contributed by atoms with van der Waals surface area (Å²) >= 11 is 0. The number of hydrogen-bond donors (Lipinski definition) is 10. The van der Waals surface area contributed by atoms with Gasteiger partial charge >= 0.3 is 0 Å². The van der Waals surface area contributed by atoms with Crippen molar-refractivity contribution in [3.63, 3.8) is 0 Å². The first-order valence-electron chi connectivity index (χ1n) is 32.9. The number of hydrogen-bond acceptors (Lipinski definition) is 12. The summed E-state index contributed by atoms with van der Waals surface area (Å²) in [5.74, 6) is 3.49. The smallest absolute Gasteiger partial charge is 0.255 e. The summed E-state index contributed by atoms with van der Waals surface area (Å²) in [7, 11) is 0. The molecule has 20 nitrogen and oxygen atoms in total. The fraction of sp³-hybridized carbons (Fsp3) is 0.486. The highest BCUT2D eigenvalue weighted by molar-refractivity contribution is 6.08. The highest BCUT2D eigenvalue weighted by atomic mass is 16.5. The molecule has 0 aromatic heterocycles. The standard InChI is InChI=1S/C74H86N8O12/c1-35-19-47-63(83)48(20-35)68(86)76-56-32-60(44(10)28-40(56)6)80-72(90)52-24-38(4)26-54-66(52)94-18-16-14-13-15-17-93-65-51(71(89)79-59-31-55(75-67(47)85)39(5)27-43(59)9)23-37(3)25-53(65)73(91)81-61-33-57(41(7)29-45(61)11)77-69(87)49-21-36(2)22-50(64(49)84)70(88)78-58-34-62(82-74(54)92)46(12)30-42(58)8/h19-26,39-46,55-62,83-84H,27-34H2,1-12H3,(H,75,85)(H,76,86)(H,77,87)(H,78,88)(H,79,89)(H,80,90)(H,81,91)(H,82,92). The Hall–Kier alpha value is -9.48. The molecule has 0 radical (unpaired) electrons. The molecule has 4 aromatic carbocycles. The third-order valence-electron chi connectivity index (χ3n) is 20.6. The first-order valence-corrected chi connectivity index (χ1v) is 32.9. The monoisotopic (exact) mass is 1280 g/mol. The number of amides is 8. The van der Waals surface area contributed by atoms with Crippen LogP contribution in [-0.4, -0.2) is 106 Å². The van der Waals surface area contributed by atoms with Crippen molar-refractivity contribution < 1.29 is 58.0 Å². The van der Waals surface area contributed by atoms with Gasteiger partial charge in [-0.15, -0.1) is 0 Å². The van der Waals surface area contributed by atoms with Gasteiger partial charge in [0, 0.05) is 72.0 Å². The number of benzene rings is 4. The molecular formula is C74H86N8O12. The number of nitrogens with one attached hydrogen (secondary N) is 8. The number of carbonyl (C=O) groups is 8. The second-order valence-electron chi connectivity index (χ2n) is 28.0. The summed E-state index contributed by atoms with van der Waals surface area (Å²) in [6.45, 7) is 22.9. The van der Waals surface area contributed by atoms with Crippen LogP contribution in [0.1, 0.15) is 212 Å². The van der Waals surface area contributed by atoms with Crippen molar-refractivity contribution >= 4 is 47.3 Å². The highest BCUT2D eigenvalue weighted by Gasteiger charge is 2.42. The Morgan fingerprint density at radius 3 is 0.649 bits per heavy atom. The summed E-state index contributed by atoms with van der Waals surface area (Å²) in [4.78, 5) is 117. The van der Waals surface area contributed by atoms with Crippen LogP contribution in [0.4, 0.5) is 0 Å². The van der Waals surface area contributed by atoms with E-state index in [0.717, 1.165) is 0 Å². The summed E-state index contributed by atoms with van der Waals surface area (Å²) in [5.41, 5.74) is 1.63. The van der Waals surface area contributed by atoms with Gasteiger partial charge in [-0.3, -0.25) is 38.4 Å².